The predicted octanol–water partition coefficient (Wildman–Crippen LogP) is 8.71. The van der Waals surface area contributed by atoms with Crippen molar-refractivity contribution in [1.82, 2.24) is 0 Å². The standard InChI is InChI=1S/C38H56O3Si/c1-10-18-32(41-42(38(6,7)8,33-19-14-12-15-20-33)34-21-16-13-17-22-34)27-37-30(5)23-25-35(29(3)4)36(37)26-24-31(11-2)40-28-39-9/h10-17,19-23,29,31-32,35-37H,1-2,18,24-28H2,3-9H3/t31-,32-,35-,36+,37+/m0/s1. The molecule has 0 saturated heterocycles. The molecule has 0 aromatic heterocycles. The Kier molecular flexibility index (Phi) is 13.1. The zero-order chi connectivity index (χ0) is 30.8. The van der Waals surface area contributed by atoms with Gasteiger partial charge in [-0.25, -0.2) is 0 Å². The number of hydrogen-bond donors (Lipinski definition) is 0. The van der Waals surface area contributed by atoms with E-state index in [4.69, 9.17) is 13.9 Å². The van der Waals surface area contributed by atoms with Crippen molar-refractivity contribution in [2.75, 3.05) is 13.9 Å². The summed E-state index contributed by atoms with van der Waals surface area (Å²) in [6.45, 7) is 22.7. The van der Waals surface area contributed by atoms with Crippen LogP contribution >= 0.6 is 0 Å². The van der Waals surface area contributed by atoms with Crippen LogP contribution in [-0.4, -0.2) is 34.4 Å². The first kappa shape index (κ1) is 34.2. The molecule has 0 N–H and O–H groups in total. The zero-order valence-corrected chi connectivity index (χ0v) is 28.4. The summed E-state index contributed by atoms with van der Waals surface area (Å²) in [5.74, 6) is 2.24. The fourth-order valence-electron chi connectivity index (χ4n) is 7.21. The van der Waals surface area contributed by atoms with Gasteiger partial charge in [-0.15, -0.1) is 13.2 Å². The van der Waals surface area contributed by atoms with E-state index in [9.17, 15) is 0 Å². The highest BCUT2D eigenvalue weighted by Crippen LogP contribution is 2.45. The molecule has 0 aliphatic heterocycles. The summed E-state index contributed by atoms with van der Waals surface area (Å²) in [4.78, 5) is 0. The molecular weight excluding hydrogens is 533 g/mol. The third kappa shape index (κ3) is 8.22. The molecule has 0 bridgehead atoms. The molecule has 0 heterocycles. The number of hydrogen-bond acceptors (Lipinski definition) is 3. The number of rotatable bonds is 16. The van der Waals surface area contributed by atoms with Gasteiger partial charge in [-0.2, -0.15) is 0 Å². The maximum atomic E-state index is 7.69. The first-order valence-electron chi connectivity index (χ1n) is 15.9. The van der Waals surface area contributed by atoms with Crippen molar-refractivity contribution < 1.29 is 13.9 Å². The van der Waals surface area contributed by atoms with Gasteiger partial charge in [-0.05, 0) is 78.1 Å². The van der Waals surface area contributed by atoms with Crippen LogP contribution in [0.4, 0.5) is 0 Å². The Balaban J connectivity index is 2.03. The minimum absolute atomic E-state index is 0.00181. The summed E-state index contributed by atoms with van der Waals surface area (Å²) >= 11 is 0. The molecule has 1 aliphatic rings. The molecular formula is C38H56O3Si. The average Bonchev–Trinajstić information content (AvgIpc) is 2.97. The minimum atomic E-state index is -2.69. The molecule has 0 radical (unpaired) electrons. The SMILES string of the molecule is C=CC[C@@H](C[C@@H]1C(C)=CC[C@@H](C(C)C)[C@H]1CC[C@H](C=C)OCOC)O[Si](c1ccccc1)(c1ccccc1)C(C)(C)C. The highest BCUT2D eigenvalue weighted by atomic mass is 28.4. The fourth-order valence-corrected chi connectivity index (χ4v) is 11.9. The lowest BCUT2D eigenvalue weighted by Crippen LogP contribution is -2.67. The van der Waals surface area contributed by atoms with Gasteiger partial charge in [0.15, 0.2) is 0 Å². The van der Waals surface area contributed by atoms with E-state index in [0.29, 0.717) is 30.5 Å². The predicted molar refractivity (Wildman–Crippen MR) is 182 cm³/mol. The molecule has 5 atom stereocenters. The minimum Gasteiger partial charge on any atom is -0.404 e. The monoisotopic (exact) mass is 588 g/mol. The van der Waals surface area contributed by atoms with E-state index in [-0.39, 0.29) is 17.2 Å². The van der Waals surface area contributed by atoms with Crippen LogP contribution in [0.15, 0.2) is 97.6 Å². The van der Waals surface area contributed by atoms with Gasteiger partial charge in [0.25, 0.3) is 8.32 Å². The van der Waals surface area contributed by atoms with Crippen molar-refractivity contribution in [3.05, 3.63) is 97.6 Å². The summed E-state index contributed by atoms with van der Waals surface area (Å²) in [5.41, 5.74) is 1.50. The second-order valence-corrected chi connectivity index (χ2v) is 17.7. The van der Waals surface area contributed by atoms with Crippen molar-refractivity contribution in [2.24, 2.45) is 23.7 Å². The Morgan fingerprint density at radius 2 is 1.57 bits per heavy atom. The highest BCUT2D eigenvalue weighted by molar-refractivity contribution is 6.99. The van der Waals surface area contributed by atoms with Gasteiger partial charge in [-0.1, -0.05) is 119 Å². The van der Waals surface area contributed by atoms with E-state index in [2.05, 4.69) is 128 Å². The van der Waals surface area contributed by atoms with Gasteiger partial charge in [0.2, 0.25) is 0 Å². The number of methoxy groups -OCH3 is 1. The van der Waals surface area contributed by atoms with Gasteiger partial charge in [0.05, 0.1) is 6.10 Å². The first-order valence-corrected chi connectivity index (χ1v) is 17.8. The molecule has 1 aliphatic carbocycles. The largest absolute Gasteiger partial charge is 0.404 e. The Labute approximate surface area is 258 Å². The Hall–Kier alpha value is -2.24. The average molecular weight is 589 g/mol. The van der Waals surface area contributed by atoms with Crippen LogP contribution in [0.2, 0.25) is 5.04 Å². The van der Waals surface area contributed by atoms with E-state index in [1.807, 2.05) is 6.08 Å². The van der Waals surface area contributed by atoms with E-state index in [1.54, 1.807) is 7.11 Å². The van der Waals surface area contributed by atoms with Crippen LogP contribution in [-0.2, 0) is 13.9 Å². The van der Waals surface area contributed by atoms with Gasteiger partial charge >= 0.3 is 0 Å². The van der Waals surface area contributed by atoms with E-state index >= 15 is 0 Å². The van der Waals surface area contributed by atoms with E-state index in [1.165, 1.54) is 15.9 Å². The van der Waals surface area contributed by atoms with Crippen LogP contribution in [0.25, 0.3) is 0 Å². The number of ether oxygens (including phenoxy) is 2. The molecule has 42 heavy (non-hydrogen) atoms. The normalized spacial score (nSPS) is 21.0. The topological polar surface area (TPSA) is 27.7 Å². The van der Waals surface area contributed by atoms with E-state index in [0.717, 1.165) is 32.1 Å². The summed E-state index contributed by atoms with van der Waals surface area (Å²) in [6, 6.07) is 22.0. The lowest BCUT2D eigenvalue weighted by atomic mass is 9.65. The lowest BCUT2D eigenvalue weighted by Gasteiger charge is -2.47. The maximum Gasteiger partial charge on any atom is 0.261 e. The van der Waals surface area contributed by atoms with Crippen molar-refractivity contribution in [2.45, 2.75) is 90.9 Å². The zero-order valence-electron chi connectivity index (χ0n) is 27.4. The Bertz CT molecular complexity index is 1080. The summed E-state index contributed by atoms with van der Waals surface area (Å²) in [7, 11) is -1.02. The lowest BCUT2D eigenvalue weighted by molar-refractivity contribution is -0.0604. The Morgan fingerprint density at radius 3 is 2.05 bits per heavy atom. The van der Waals surface area contributed by atoms with Gasteiger partial charge in [0.1, 0.15) is 6.79 Å². The van der Waals surface area contributed by atoms with Crippen LogP contribution in [0.5, 0.6) is 0 Å². The highest BCUT2D eigenvalue weighted by Gasteiger charge is 2.51. The van der Waals surface area contributed by atoms with Gasteiger partial charge < -0.3 is 13.9 Å². The second kappa shape index (κ2) is 16.0. The number of benzene rings is 2. The molecule has 2 aromatic carbocycles. The van der Waals surface area contributed by atoms with Crippen LogP contribution < -0.4 is 10.4 Å². The molecule has 0 saturated carbocycles. The quantitative estimate of drug-likeness (QED) is 0.112. The molecule has 0 amide bonds. The maximum absolute atomic E-state index is 7.69. The smallest absolute Gasteiger partial charge is 0.261 e. The molecule has 0 unspecified atom stereocenters. The third-order valence-electron chi connectivity index (χ3n) is 9.37. The van der Waals surface area contributed by atoms with Gasteiger partial charge in [-0.3, -0.25) is 0 Å². The van der Waals surface area contributed by atoms with Gasteiger partial charge in [0, 0.05) is 13.2 Å². The molecule has 3 nitrogen and oxygen atoms in total. The first-order chi connectivity index (χ1) is 20.1. The fraction of sp³-hybridized carbons (Fsp3) is 0.526. The third-order valence-corrected chi connectivity index (χ3v) is 14.5. The van der Waals surface area contributed by atoms with Crippen LogP contribution in [0.1, 0.15) is 73.6 Å². The Morgan fingerprint density at radius 1 is 0.976 bits per heavy atom. The molecule has 230 valence electrons. The van der Waals surface area contributed by atoms with Crippen LogP contribution in [0.3, 0.4) is 0 Å². The molecule has 0 fully saturated rings. The molecule has 4 heteroatoms. The summed E-state index contributed by atoms with van der Waals surface area (Å²) in [6.07, 6.45) is 11.6. The molecule has 2 aromatic rings. The second-order valence-electron chi connectivity index (χ2n) is 13.4. The number of allylic oxidation sites excluding steroid dienone is 2. The van der Waals surface area contributed by atoms with Crippen LogP contribution in [0, 0.1) is 23.7 Å². The van der Waals surface area contributed by atoms with Crippen molar-refractivity contribution in [1.29, 1.82) is 0 Å². The molecule has 0 spiro atoms. The summed E-state index contributed by atoms with van der Waals surface area (Å²) in [5, 5.41) is 2.59. The van der Waals surface area contributed by atoms with E-state index < -0.39 is 8.32 Å². The van der Waals surface area contributed by atoms with Crippen molar-refractivity contribution in [3.8, 4) is 0 Å². The van der Waals surface area contributed by atoms with Crippen molar-refractivity contribution >= 4 is 18.7 Å². The molecule has 3 rings (SSSR count). The summed E-state index contributed by atoms with van der Waals surface area (Å²) < 4.78 is 18.8. The van der Waals surface area contributed by atoms with Crippen molar-refractivity contribution in [3.63, 3.8) is 0 Å².